The van der Waals surface area contributed by atoms with Gasteiger partial charge < -0.3 is 24.0 Å². The summed E-state index contributed by atoms with van der Waals surface area (Å²) in [6.07, 6.45) is -0.237. The van der Waals surface area contributed by atoms with Crippen molar-refractivity contribution in [1.82, 2.24) is 4.90 Å². The maximum Gasteiger partial charge on any atom is 0.219 e. The van der Waals surface area contributed by atoms with Gasteiger partial charge in [-0.15, -0.1) is 0 Å². The molecular weight excluding hydrogens is 519 g/mol. The summed E-state index contributed by atoms with van der Waals surface area (Å²) in [5, 5.41) is 1.49. The van der Waals surface area contributed by atoms with E-state index in [9.17, 15) is 4.79 Å². The molecule has 6 nitrogen and oxygen atoms in total. The molecular formula is C23H25BrCl2N2O4. The molecule has 4 rings (SSSR count). The number of hydrogen-bond acceptors (Lipinski definition) is 5. The lowest BCUT2D eigenvalue weighted by Crippen LogP contribution is -2.48. The molecule has 172 valence electrons. The summed E-state index contributed by atoms with van der Waals surface area (Å²) < 4.78 is 18.2. The molecule has 2 atom stereocenters. The maximum atomic E-state index is 11.5. The number of nitrogens with zero attached hydrogens (tertiary/aromatic N) is 2. The molecule has 2 aromatic rings. The second-order valence-corrected chi connectivity index (χ2v) is 9.26. The summed E-state index contributed by atoms with van der Waals surface area (Å²) in [6, 6.07) is 13.3. The molecule has 2 aromatic carbocycles. The van der Waals surface area contributed by atoms with Crippen molar-refractivity contribution in [3.05, 3.63) is 58.1 Å². The van der Waals surface area contributed by atoms with Gasteiger partial charge in [-0.1, -0.05) is 45.2 Å². The van der Waals surface area contributed by atoms with Crippen molar-refractivity contribution in [3.8, 4) is 5.75 Å². The van der Waals surface area contributed by atoms with E-state index in [2.05, 4.69) is 20.8 Å². The van der Waals surface area contributed by atoms with Gasteiger partial charge in [-0.05, 0) is 36.4 Å². The summed E-state index contributed by atoms with van der Waals surface area (Å²) in [6.45, 7) is 5.52. The van der Waals surface area contributed by atoms with Crippen molar-refractivity contribution in [2.24, 2.45) is 0 Å². The molecule has 0 bridgehead atoms. The van der Waals surface area contributed by atoms with Crippen LogP contribution in [0.1, 0.15) is 12.5 Å². The number of piperazine rings is 1. The van der Waals surface area contributed by atoms with E-state index in [1.807, 2.05) is 35.2 Å². The Balaban J connectivity index is 1.32. The van der Waals surface area contributed by atoms with Crippen LogP contribution < -0.4 is 9.64 Å². The van der Waals surface area contributed by atoms with E-state index in [0.29, 0.717) is 28.6 Å². The minimum atomic E-state index is -0.971. The SMILES string of the molecule is CC(=O)N1CCN(c2ccc(OCC3COC(CBr)(c4ccc(Cl)cc4Cl)O3)cc2)CC1. The highest BCUT2D eigenvalue weighted by molar-refractivity contribution is 9.09. The molecule has 2 saturated heterocycles. The van der Waals surface area contributed by atoms with Gasteiger partial charge in [-0.25, -0.2) is 0 Å². The second kappa shape index (κ2) is 10.2. The van der Waals surface area contributed by atoms with Crippen LogP contribution in [0.3, 0.4) is 0 Å². The Morgan fingerprint density at radius 2 is 1.88 bits per heavy atom. The fraction of sp³-hybridized carbons (Fsp3) is 0.435. The third-order valence-electron chi connectivity index (χ3n) is 5.74. The van der Waals surface area contributed by atoms with Crippen molar-refractivity contribution < 1.29 is 19.0 Å². The van der Waals surface area contributed by atoms with Crippen molar-refractivity contribution in [2.45, 2.75) is 18.8 Å². The molecule has 0 N–H and O–H groups in total. The normalized spacial score (nSPS) is 23.4. The molecule has 32 heavy (non-hydrogen) atoms. The fourth-order valence-corrected chi connectivity index (χ4v) is 5.10. The monoisotopic (exact) mass is 542 g/mol. The van der Waals surface area contributed by atoms with Crippen molar-refractivity contribution in [2.75, 3.05) is 49.6 Å². The number of carbonyl (C=O) groups excluding carboxylic acids is 1. The van der Waals surface area contributed by atoms with E-state index in [1.54, 1.807) is 19.1 Å². The molecule has 2 aliphatic heterocycles. The van der Waals surface area contributed by atoms with Crippen LogP contribution in [0.15, 0.2) is 42.5 Å². The van der Waals surface area contributed by atoms with Crippen molar-refractivity contribution >= 4 is 50.7 Å². The Morgan fingerprint density at radius 3 is 2.50 bits per heavy atom. The first-order valence-corrected chi connectivity index (χ1v) is 12.3. The Morgan fingerprint density at radius 1 is 1.16 bits per heavy atom. The summed E-state index contributed by atoms with van der Waals surface area (Å²) in [7, 11) is 0. The molecule has 2 heterocycles. The fourth-order valence-electron chi connectivity index (χ4n) is 3.95. The number of alkyl halides is 1. The van der Waals surface area contributed by atoms with Crippen LogP contribution in [0, 0.1) is 0 Å². The predicted octanol–water partition coefficient (Wildman–Crippen LogP) is 4.70. The van der Waals surface area contributed by atoms with E-state index >= 15 is 0 Å². The van der Waals surface area contributed by atoms with Gasteiger partial charge in [0.1, 0.15) is 18.5 Å². The van der Waals surface area contributed by atoms with Crippen LogP contribution in [-0.4, -0.2) is 61.6 Å². The van der Waals surface area contributed by atoms with Crippen LogP contribution in [0.25, 0.3) is 0 Å². The first kappa shape index (κ1) is 23.6. The summed E-state index contributed by atoms with van der Waals surface area (Å²) in [4.78, 5) is 15.6. The first-order valence-electron chi connectivity index (χ1n) is 10.5. The highest BCUT2D eigenvalue weighted by Crippen LogP contribution is 2.40. The topological polar surface area (TPSA) is 51.2 Å². The van der Waals surface area contributed by atoms with Crippen LogP contribution in [-0.2, 0) is 20.1 Å². The lowest BCUT2D eigenvalue weighted by molar-refractivity contribution is -0.159. The van der Waals surface area contributed by atoms with E-state index in [0.717, 1.165) is 43.2 Å². The molecule has 2 unspecified atom stereocenters. The van der Waals surface area contributed by atoms with Crippen molar-refractivity contribution in [1.29, 1.82) is 0 Å². The van der Waals surface area contributed by atoms with Crippen LogP contribution in [0.5, 0.6) is 5.75 Å². The van der Waals surface area contributed by atoms with Gasteiger partial charge >= 0.3 is 0 Å². The lowest BCUT2D eigenvalue weighted by Gasteiger charge is -2.35. The maximum absolute atomic E-state index is 11.5. The molecule has 2 fully saturated rings. The molecule has 0 saturated carbocycles. The number of rotatable bonds is 6. The molecule has 2 aliphatic rings. The van der Waals surface area contributed by atoms with Gasteiger partial charge in [-0.3, -0.25) is 4.79 Å². The number of anilines is 1. The summed E-state index contributed by atoms with van der Waals surface area (Å²) >= 11 is 15.9. The van der Waals surface area contributed by atoms with E-state index in [-0.39, 0.29) is 12.0 Å². The minimum Gasteiger partial charge on any atom is -0.491 e. The average molecular weight is 544 g/mol. The van der Waals surface area contributed by atoms with Gasteiger partial charge in [0.15, 0.2) is 0 Å². The second-order valence-electron chi connectivity index (χ2n) is 7.86. The van der Waals surface area contributed by atoms with E-state index < -0.39 is 5.79 Å². The van der Waals surface area contributed by atoms with Gasteiger partial charge in [0, 0.05) is 49.4 Å². The predicted molar refractivity (Wildman–Crippen MR) is 129 cm³/mol. The number of hydrogen-bond donors (Lipinski definition) is 0. The zero-order chi connectivity index (χ0) is 22.7. The Bertz CT molecular complexity index is 954. The Kier molecular flexibility index (Phi) is 7.52. The van der Waals surface area contributed by atoms with Gasteiger partial charge in [0.25, 0.3) is 0 Å². The zero-order valence-corrected chi connectivity index (χ0v) is 20.8. The van der Waals surface area contributed by atoms with Crippen LogP contribution in [0.2, 0.25) is 10.0 Å². The van der Waals surface area contributed by atoms with Crippen LogP contribution in [0.4, 0.5) is 5.69 Å². The molecule has 0 aromatic heterocycles. The lowest BCUT2D eigenvalue weighted by atomic mass is 10.1. The van der Waals surface area contributed by atoms with Gasteiger partial charge in [-0.2, -0.15) is 0 Å². The number of ether oxygens (including phenoxy) is 3. The van der Waals surface area contributed by atoms with Gasteiger partial charge in [0.2, 0.25) is 11.7 Å². The molecule has 0 radical (unpaired) electrons. The molecule has 9 heteroatoms. The largest absolute Gasteiger partial charge is 0.491 e. The molecule has 0 aliphatic carbocycles. The summed E-state index contributed by atoms with van der Waals surface area (Å²) in [5.74, 6) is -0.0731. The number of benzene rings is 2. The number of halogens is 3. The van der Waals surface area contributed by atoms with E-state index in [1.165, 1.54) is 0 Å². The Labute approximate surface area is 206 Å². The molecule has 1 amide bonds. The minimum absolute atomic E-state index is 0.133. The Hall–Kier alpha value is -1.51. The third-order valence-corrected chi connectivity index (χ3v) is 7.03. The summed E-state index contributed by atoms with van der Waals surface area (Å²) in [5.41, 5.74) is 1.86. The number of amides is 1. The smallest absolute Gasteiger partial charge is 0.219 e. The van der Waals surface area contributed by atoms with Crippen molar-refractivity contribution in [3.63, 3.8) is 0 Å². The first-order chi connectivity index (χ1) is 15.4. The zero-order valence-electron chi connectivity index (χ0n) is 17.7. The third kappa shape index (κ3) is 5.18. The quantitative estimate of drug-likeness (QED) is 0.494. The highest BCUT2D eigenvalue weighted by Gasteiger charge is 2.44. The highest BCUT2D eigenvalue weighted by atomic mass is 79.9. The van der Waals surface area contributed by atoms with Gasteiger partial charge in [0.05, 0.1) is 17.0 Å². The molecule has 0 spiro atoms. The standard InChI is InChI=1S/C23H25BrCl2N2O4/c1-16(29)27-8-10-28(11-9-27)18-3-5-19(6-4-18)30-13-20-14-31-23(15-24,32-20)21-7-2-17(25)12-22(21)26/h2-7,12,20H,8-11,13-15H2,1H3. The van der Waals surface area contributed by atoms with E-state index in [4.69, 9.17) is 37.4 Å². The average Bonchev–Trinajstić information content (AvgIpc) is 3.22. The number of carbonyl (C=O) groups is 1. The van der Waals surface area contributed by atoms with Crippen LogP contribution >= 0.6 is 39.1 Å².